The number of benzene rings is 2. The second-order valence-electron chi connectivity index (χ2n) is 7.74. The number of nitrogens with one attached hydrogen (secondary N) is 3. The summed E-state index contributed by atoms with van der Waals surface area (Å²) >= 11 is 0. The first-order valence-electron chi connectivity index (χ1n) is 11.4. The average molecular weight is 521 g/mol. The Bertz CT molecular complexity index is 1430. The zero-order valence-corrected chi connectivity index (χ0v) is 21.0. The monoisotopic (exact) mass is 520 g/mol. The molecule has 0 amide bonds. The first-order valence-corrected chi connectivity index (χ1v) is 11.4. The van der Waals surface area contributed by atoms with Crippen molar-refractivity contribution in [2.75, 3.05) is 19.0 Å². The van der Waals surface area contributed by atoms with Gasteiger partial charge in [0, 0.05) is 24.4 Å². The van der Waals surface area contributed by atoms with Gasteiger partial charge in [0.25, 0.3) is 5.97 Å². The van der Waals surface area contributed by atoms with Crippen molar-refractivity contribution < 1.29 is 19.4 Å². The van der Waals surface area contributed by atoms with Gasteiger partial charge >= 0.3 is 5.69 Å². The van der Waals surface area contributed by atoms with Gasteiger partial charge in [-0.15, -0.1) is 10.2 Å². The van der Waals surface area contributed by atoms with Crippen molar-refractivity contribution >= 4 is 17.5 Å². The van der Waals surface area contributed by atoms with E-state index in [4.69, 9.17) is 30.5 Å². The third kappa shape index (κ3) is 6.94. The van der Waals surface area contributed by atoms with Crippen molar-refractivity contribution in [1.29, 1.82) is 5.41 Å². The van der Waals surface area contributed by atoms with Gasteiger partial charge < -0.3 is 25.6 Å². The van der Waals surface area contributed by atoms with Gasteiger partial charge in [-0.1, -0.05) is 6.07 Å². The van der Waals surface area contributed by atoms with E-state index in [0.29, 0.717) is 35.3 Å². The van der Waals surface area contributed by atoms with E-state index in [9.17, 15) is 4.79 Å². The average Bonchev–Trinajstić information content (AvgIpc) is 3.29. The minimum Gasteiger partial charge on any atom is -0.493 e. The van der Waals surface area contributed by atoms with Crippen LogP contribution in [0, 0.1) is 5.41 Å². The largest absolute Gasteiger partial charge is 0.493 e. The fourth-order valence-electron chi connectivity index (χ4n) is 3.40. The summed E-state index contributed by atoms with van der Waals surface area (Å²) in [4.78, 5) is 24.5. The molecular weight excluding hydrogens is 492 g/mol. The number of aliphatic carboxylic acids is 1. The van der Waals surface area contributed by atoms with Crippen LogP contribution in [-0.2, 0) is 4.79 Å². The van der Waals surface area contributed by atoms with Crippen LogP contribution in [-0.4, -0.2) is 55.6 Å². The maximum absolute atomic E-state index is 12.7. The van der Waals surface area contributed by atoms with Gasteiger partial charge in [-0.3, -0.25) is 15.2 Å². The highest BCUT2D eigenvalue weighted by molar-refractivity contribution is 5.95. The normalized spacial score (nSPS) is 11.0. The van der Waals surface area contributed by atoms with E-state index in [1.807, 2.05) is 19.1 Å². The Kier molecular flexibility index (Phi) is 9.13. The molecular formula is C25H28N8O5. The number of rotatable bonds is 9. The number of nitrogens with two attached hydrogens (primary N) is 1. The molecule has 0 bridgehead atoms. The smallest absolute Gasteiger partial charge is 0.349 e. The summed E-state index contributed by atoms with van der Waals surface area (Å²) in [7, 11) is 1.57. The zero-order valence-electron chi connectivity index (χ0n) is 21.0. The predicted octanol–water partition coefficient (Wildman–Crippen LogP) is 2.33. The molecule has 2 aromatic carbocycles. The van der Waals surface area contributed by atoms with Crippen LogP contribution in [0.15, 0.2) is 65.6 Å². The Morgan fingerprint density at radius 1 is 1.21 bits per heavy atom. The summed E-state index contributed by atoms with van der Waals surface area (Å²) in [5.74, 6) is 0.959. The van der Waals surface area contributed by atoms with E-state index in [1.54, 1.807) is 49.6 Å². The molecule has 0 aliphatic heterocycles. The summed E-state index contributed by atoms with van der Waals surface area (Å²) in [5.41, 5.74) is 7.23. The van der Waals surface area contributed by atoms with E-state index in [2.05, 4.69) is 25.6 Å². The van der Waals surface area contributed by atoms with Crippen molar-refractivity contribution in [2.24, 2.45) is 5.73 Å². The quantitative estimate of drug-likeness (QED) is 0.161. The molecule has 0 fully saturated rings. The molecule has 0 saturated heterocycles. The Morgan fingerprint density at radius 3 is 2.50 bits per heavy atom. The van der Waals surface area contributed by atoms with Gasteiger partial charge in [-0.05, 0) is 61.0 Å². The van der Waals surface area contributed by atoms with Crippen molar-refractivity contribution in [3.63, 3.8) is 0 Å². The van der Waals surface area contributed by atoms with Gasteiger partial charge in [0.05, 0.1) is 13.7 Å². The molecule has 0 spiro atoms. The van der Waals surface area contributed by atoms with E-state index in [-0.39, 0.29) is 5.84 Å². The first-order chi connectivity index (χ1) is 18.2. The summed E-state index contributed by atoms with van der Waals surface area (Å²) in [6, 6.07) is 15.3. The van der Waals surface area contributed by atoms with E-state index in [0.717, 1.165) is 22.9 Å². The molecule has 0 aliphatic carbocycles. The van der Waals surface area contributed by atoms with Crippen molar-refractivity contribution in [1.82, 2.24) is 25.0 Å². The molecule has 13 nitrogen and oxygen atoms in total. The zero-order chi connectivity index (χ0) is 27.7. The lowest BCUT2D eigenvalue weighted by Gasteiger charge is -2.20. The highest BCUT2D eigenvalue weighted by Gasteiger charge is 2.22. The number of ether oxygens (including phenoxy) is 2. The fourth-order valence-corrected chi connectivity index (χ4v) is 3.40. The van der Waals surface area contributed by atoms with Crippen molar-refractivity contribution in [2.45, 2.75) is 19.9 Å². The number of nitrogen functional groups attached to an aromatic ring is 1. The molecule has 4 rings (SSSR count). The van der Waals surface area contributed by atoms with Crippen molar-refractivity contribution in [3.8, 4) is 17.3 Å². The molecule has 0 aliphatic rings. The maximum Gasteiger partial charge on any atom is 0.349 e. The molecule has 1 unspecified atom stereocenters. The second kappa shape index (κ2) is 12.7. The SMILES string of the molecule is CC(=O)O.CCOc1cc(C(Nc2ccc(C(=N)N)cc2)c2nn(-c3cccnn3)c(=O)[nH]2)ccc1OC. The first kappa shape index (κ1) is 27.4. The lowest BCUT2D eigenvalue weighted by molar-refractivity contribution is -0.134. The molecule has 6 N–H and O–H groups in total. The van der Waals surface area contributed by atoms with E-state index < -0.39 is 17.7 Å². The van der Waals surface area contributed by atoms with E-state index >= 15 is 0 Å². The molecule has 1 atom stereocenters. The minimum atomic E-state index is -0.833. The Morgan fingerprint density at radius 2 is 1.92 bits per heavy atom. The van der Waals surface area contributed by atoms with Crippen LogP contribution in [0.4, 0.5) is 5.69 Å². The van der Waals surface area contributed by atoms with Crippen LogP contribution < -0.4 is 26.2 Å². The molecule has 0 saturated carbocycles. The standard InChI is InChI=1S/C23H24N8O3.C2H4O2/c1-3-34-18-13-15(8-11-17(18)33-2)20(27-16-9-6-14(7-10-16)21(24)25)22-28-23(32)31(30-22)19-5-4-12-26-29-19;1-2(3)4/h4-13,20,27H,3H2,1-2H3,(H3,24,25)(H,28,30,32);1H3,(H,3,4). The van der Waals surface area contributed by atoms with Crippen LogP contribution >= 0.6 is 0 Å². The summed E-state index contributed by atoms with van der Waals surface area (Å²) in [6.45, 7) is 3.43. The number of nitrogens with zero attached hydrogens (tertiary/aromatic N) is 4. The number of hydrogen-bond donors (Lipinski definition) is 5. The van der Waals surface area contributed by atoms with Crippen LogP contribution in [0.3, 0.4) is 0 Å². The van der Waals surface area contributed by atoms with Crippen LogP contribution in [0.5, 0.6) is 11.5 Å². The number of anilines is 1. The van der Waals surface area contributed by atoms with Gasteiger partial charge in [0.1, 0.15) is 11.9 Å². The molecule has 2 aromatic heterocycles. The molecule has 38 heavy (non-hydrogen) atoms. The molecule has 2 heterocycles. The number of carboxylic acids is 1. The van der Waals surface area contributed by atoms with Gasteiger partial charge in [-0.2, -0.15) is 9.78 Å². The Labute approximate surface area is 217 Å². The molecule has 13 heteroatoms. The third-order valence-electron chi connectivity index (χ3n) is 5.01. The lowest BCUT2D eigenvalue weighted by Crippen LogP contribution is -2.17. The number of aromatic nitrogens is 5. The van der Waals surface area contributed by atoms with Crippen LogP contribution in [0.2, 0.25) is 0 Å². The van der Waals surface area contributed by atoms with Gasteiger partial charge in [0.2, 0.25) is 0 Å². The molecule has 198 valence electrons. The van der Waals surface area contributed by atoms with Crippen LogP contribution in [0.1, 0.15) is 36.8 Å². The van der Waals surface area contributed by atoms with Gasteiger partial charge in [-0.25, -0.2) is 4.79 Å². The number of methoxy groups -OCH3 is 1. The topological polar surface area (TPSA) is 194 Å². The molecule has 0 radical (unpaired) electrons. The fraction of sp³-hybridized carbons (Fsp3) is 0.200. The number of hydrogen-bond acceptors (Lipinski definition) is 9. The Hall–Kier alpha value is -5.20. The summed E-state index contributed by atoms with van der Waals surface area (Å²) in [5, 5.41) is 30.7. The number of aromatic amines is 1. The second-order valence-corrected chi connectivity index (χ2v) is 7.74. The highest BCUT2D eigenvalue weighted by atomic mass is 16.5. The number of amidine groups is 1. The van der Waals surface area contributed by atoms with Gasteiger partial charge in [0.15, 0.2) is 23.1 Å². The number of H-pyrrole nitrogens is 1. The summed E-state index contributed by atoms with van der Waals surface area (Å²) < 4.78 is 12.3. The highest BCUT2D eigenvalue weighted by Crippen LogP contribution is 2.33. The molecule has 4 aromatic rings. The van der Waals surface area contributed by atoms with Crippen LogP contribution in [0.25, 0.3) is 5.82 Å². The Balaban J connectivity index is 0.000000934. The van der Waals surface area contributed by atoms with Crippen molar-refractivity contribution in [3.05, 3.63) is 88.2 Å². The minimum absolute atomic E-state index is 0.0216. The van der Waals surface area contributed by atoms with E-state index in [1.165, 1.54) is 6.20 Å². The number of carboxylic acid groups (broad SMARTS) is 1. The maximum atomic E-state index is 12.7. The lowest BCUT2D eigenvalue weighted by atomic mass is 10.0. The summed E-state index contributed by atoms with van der Waals surface area (Å²) in [6.07, 6.45) is 1.52. The number of carbonyl (C=O) groups is 1. The predicted molar refractivity (Wildman–Crippen MR) is 140 cm³/mol. The third-order valence-corrected chi connectivity index (χ3v) is 5.01.